The third kappa shape index (κ3) is 5.21. The Bertz CT molecular complexity index is 669. The molecule has 1 amide bonds. The maximum absolute atomic E-state index is 12.0. The zero-order chi connectivity index (χ0) is 16.9. The van der Waals surface area contributed by atoms with E-state index in [1.165, 1.54) is 24.3 Å². The number of benzene rings is 2. The number of rotatable bonds is 5. The fraction of sp³-hybridized carbons (Fsp3) is 0.188. The van der Waals surface area contributed by atoms with Crippen molar-refractivity contribution in [2.24, 2.45) is 0 Å². The topological polar surface area (TPSA) is 58.6 Å². The van der Waals surface area contributed by atoms with Gasteiger partial charge in [-0.3, -0.25) is 4.79 Å². The summed E-state index contributed by atoms with van der Waals surface area (Å²) in [4.78, 5) is 11.9. The minimum Gasteiger partial charge on any atom is -0.507 e. The number of phenols is 1. The molecule has 0 aliphatic carbocycles. The van der Waals surface area contributed by atoms with Crippen LogP contribution < -0.4 is 10.1 Å². The van der Waals surface area contributed by atoms with Gasteiger partial charge in [0.25, 0.3) is 5.91 Å². The molecule has 2 N–H and O–H groups in total. The molecule has 0 radical (unpaired) electrons. The Morgan fingerprint density at radius 3 is 2.35 bits per heavy atom. The van der Waals surface area contributed by atoms with Crippen LogP contribution in [0.15, 0.2) is 48.5 Å². The van der Waals surface area contributed by atoms with Crippen LogP contribution in [0, 0.1) is 0 Å². The number of para-hydroxylation sites is 1. The minimum absolute atomic E-state index is 0.0955. The van der Waals surface area contributed by atoms with E-state index >= 15 is 0 Å². The van der Waals surface area contributed by atoms with Gasteiger partial charge >= 0.3 is 6.18 Å². The number of ether oxygens (including phenoxy) is 1. The SMILES string of the molecule is O=C(NCc1ccc(OCC(F)(F)F)cc1)c1ccccc1O. The Kier molecular flexibility index (Phi) is 5.10. The molecule has 7 heteroatoms. The number of halogens is 3. The van der Waals surface area contributed by atoms with Gasteiger partial charge in [-0.1, -0.05) is 24.3 Å². The molecule has 0 aliphatic rings. The summed E-state index contributed by atoms with van der Waals surface area (Å²) in [5.41, 5.74) is 0.839. The molecule has 0 unspecified atom stereocenters. The van der Waals surface area contributed by atoms with Crippen molar-refractivity contribution in [3.8, 4) is 11.5 Å². The molecular weight excluding hydrogens is 311 g/mol. The molecule has 2 aromatic rings. The predicted octanol–water partition coefficient (Wildman–Crippen LogP) is 3.26. The molecule has 0 atom stereocenters. The molecule has 122 valence electrons. The summed E-state index contributed by atoms with van der Waals surface area (Å²) in [7, 11) is 0. The van der Waals surface area contributed by atoms with Crippen LogP contribution in [0.1, 0.15) is 15.9 Å². The molecule has 0 saturated carbocycles. The van der Waals surface area contributed by atoms with Gasteiger partial charge in [0.1, 0.15) is 11.5 Å². The van der Waals surface area contributed by atoms with E-state index < -0.39 is 18.7 Å². The van der Waals surface area contributed by atoms with Crippen molar-refractivity contribution in [1.29, 1.82) is 0 Å². The largest absolute Gasteiger partial charge is 0.507 e. The maximum Gasteiger partial charge on any atom is 0.422 e. The van der Waals surface area contributed by atoms with E-state index in [1.807, 2.05) is 0 Å². The van der Waals surface area contributed by atoms with Crippen molar-refractivity contribution in [3.63, 3.8) is 0 Å². The highest BCUT2D eigenvalue weighted by atomic mass is 19.4. The number of nitrogens with one attached hydrogen (secondary N) is 1. The van der Waals surface area contributed by atoms with Crippen molar-refractivity contribution < 1.29 is 27.8 Å². The molecule has 0 saturated heterocycles. The Morgan fingerprint density at radius 2 is 1.74 bits per heavy atom. The maximum atomic E-state index is 12.0. The van der Waals surface area contributed by atoms with E-state index in [-0.39, 0.29) is 23.6 Å². The van der Waals surface area contributed by atoms with Crippen LogP contribution in [-0.4, -0.2) is 23.8 Å². The zero-order valence-electron chi connectivity index (χ0n) is 11.9. The smallest absolute Gasteiger partial charge is 0.422 e. The number of hydrogen-bond acceptors (Lipinski definition) is 3. The van der Waals surface area contributed by atoms with Crippen LogP contribution in [0.3, 0.4) is 0 Å². The molecule has 0 aromatic heterocycles. The van der Waals surface area contributed by atoms with Crippen molar-refractivity contribution in [1.82, 2.24) is 5.32 Å². The second-order valence-electron chi connectivity index (χ2n) is 4.75. The van der Waals surface area contributed by atoms with Gasteiger partial charge in [-0.15, -0.1) is 0 Å². The Balaban J connectivity index is 1.89. The summed E-state index contributed by atoms with van der Waals surface area (Å²) in [6.45, 7) is -1.18. The highest BCUT2D eigenvalue weighted by Gasteiger charge is 2.28. The molecule has 23 heavy (non-hydrogen) atoms. The van der Waals surface area contributed by atoms with Crippen LogP contribution in [0.25, 0.3) is 0 Å². The third-order valence-corrected chi connectivity index (χ3v) is 2.93. The van der Waals surface area contributed by atoms with Gasteiger partial charge < -0.3 is 15.2 Å². The van der Waals surface area contributed by atoms with Crippen LogP contribution >= 0.6 is 0 Å². The number of phenolic OH excluding ortho intramolecular Hbond substituents is 1. The second kappa shape index (κ2) is 7.04. The van der Waals surface area contributed by atoms with E-state index in [0.717, 1.165) is 0 Å². The molecule has 0 heterocycles. The summed E-state index contributed by atoms with van der Waals surface area (Å²) >= 11 is 0. The molecule has 4 nitrogen and oxygen atoms in total. The number of amides is 1. The number of carbonyl (C=O) groups excluding carboxylic acids is 1. The molecule has 0 bridgehead atoms. The van der Waals surface area contributed by atoms with Crippen LogP contribution in [-0.2, 0) is 6.54 Å². The van der Waals surface area contributed by atoms with Gasteiger partial charge in [0.15, 0.2) is 6.61 Å². The van der Waals surface area contributed by atoms with Gasteiger partial charge in [0.05, 0.1) is 5.56 Å². The lowest BCUT2D eigenvalue weighted by atomic mass is 10.1. The average Bonchev–Trinajstić information content (AvgIpc) is 2.51. The van der Waals surface area contributed by atoms with Crippen molar-refractivity contribution >= 4 is 5.91 Å². The number of aromatic hydroxyl groups is 1. The van der Waals surface area contributed by atoms with Crippen LogP contribution in [0.4, 0.5) is 13.2 Å². The fourth-order valence-electron chi connectivity index (χ4n) is 1.81. The van der Waals surface area contributed by atoms with Crippen molar-refractivity contribution in [3.05, 3.63) is 59.7 Å². The second-order valence-corrected chi connectivity index (χ2v) is 4.75. The first kappa shape index (κ1) is 16.7. The van der Waals surface area contributed by atoms with Gasteiger partial charge in [0.2, 0.25) is 0 Å². The molecule has 0 spiro atoms. The number of alkyl halides is 3. The van der Waals surface area contributed by atoms with Gasteiger partial charge in [-0.05, 0) is 29.8 Å². The molecule has 2 rings (SSSR count). The Hall–Kier alpha value is -2.70. The lowest BCUT2D eigenvalue weighted by Crippen LogP contribution is -2.22. The molecular formula is C16H14F3NO3. The third-order valence-electron chi connectivity index (χ3n) is 2.93. The van der Waals surface area contributed by atoms with Gasteiger partial charge in [-0.2, -0.15) is 13.2 Å². The normalized spacial score (nSPS) is 11.1. The molecule has 2 aromatic carbocycles. The number of hydrogen-bond donors (Lipinski definition) is 2. The van der Waals surface area contributed by atoms with Crippen LogP contribution in [0.2, 0.25) is 0 Å². The summed E-state index contributed by atoms with van der Waals surface area (Å²) in [5, 5.41) is 12.2. The first-order valence-electron chi connectivity index (χ1n) is 6.70. The highest BCUT2D eigenvalue weighted by molar-refractivity contribution is 5.96. The van der Waals surface area contributed by atoms with Crippen molar-refractivity contribution in [2.45, 2.75) is 12.7 Å². The summed E-state index contributed by atoms with van der Waals surface area (Å²) in [6, 6.07) is 12.0. The summed E-state index contributed by atoms with van der Waals surface area (Å²) in [5.74, 6) is -0.473. The zero-order valence-corrected chi connectivity index (χ0v) is 11.9. The first-order chi connectivity index (χ1) is 10.8. The first-order valence-corrected chi connectivity index (χ1v) is 6.70. The summed E-state index contributed by atoms with van der Waals surface area (Å²) < 4.78 is 40.7. The van der Waals surface area contributed by atoms with E-state index in [4.69, 9.17) is 0 Å². The summed E-state index contributed by atoms with van der Waals surface area (Å²) in [6.07, 6.45) is -4.38. The van der Waals surface area contributed by atoms with Crippen LogP contribution in [0.5, 0.6) is 11.5 Å². The molecule has 0 fully saturated rings. The van der Waals surface area contributed by atoms with E-state index in [2.05, 4.69) is 10.1 Å². The fourth-order valence-corrected chi connectivity index (χ4v) is 1.81. The minimum atomic E-state index is -4.38. The lowest BCUT2D eigenvalue weighted by molar-refractivity contribution is -0.153. The number of carbonyl (C=O) groups is 1. The van der Waals surface area contributed by atoms with Gasteiger partial charge in [-0.25, -0.2) is 0 Å². The average molecular weight is 325 g/mol. The highest BCUT2D eigenvalue weighted by Crippen LogP contribution is 2.19. The Labute approximate surface area is 130 Å². The molecule has 0 aliphatic heterocycles. The van der Waals surface area contributed by atoms with Gasteiger partial charge in [0, 0.05) is 6.54 Å². The van der Waals surface area contributed by atoms with E-state index in [9.17, 15) is 23.1 Å². The van der Waals surface area contributed by atoms with E-state index in [1.54, 1.807) is 24.3 Å². The quantitative estimate of drug-likeness (QED) is 0.887. The predicted molar refractivity (Wildman–Crippen MR) is 77.3 cm³/mol. The monoisotopic (exact) mass is 325 g/mol. The van der Waals surface area contributed by atoms with Crippen molar-refractivity contribution in [2.75, 3.05) is 6.61 Å². The lowest BCUT2D eigenvalue weighted by Gasteiger charge is -2.10. The van der Waals surface area contributed by atoms with E-state index in [0.29, 0.717) is 5.56 Å². The standard InChI is InChI=1S/C16H14F3NO3/c17-16(18,19)10-23-12-7-5-11(6-8-12)9-20-15(22)13-3-1-2-4-14(13)21/h1-8,21H,9-10H2,(H,20,22). The Morgan fingerprint density at radius 1 is 1.09 bits per heavy atom.